The average Bonchev–Trinajstić information content (AvgIpc) is 2.86. The number of carbonyl (C=O) groups excluding carboxylic acids is 2. The lowest BCUT2D eigenvalue weighted by Crippen LogP contribution is -2.53. The number of hydrogen-bond acceptors (Lipinski definition) is 4. The monoisotopic (exact) mass is 595 g/mol. The fraction of sp³-hybridized carbons (Fsp3) is 0.259. The Bertz CT molecular complexity index is 1370. The normalized spacial score (nSPS) is 12.0. The maximum atomic E-state index is 13.9. The molecule has 38 heavy (non-hydrogen) atoms. The van der Waals surface area contributed by atoms with Gasteiger partial charge in [0.15, 0.2) is 0 Å². The molecule has 0 aliphatic carbocycles. The largest absolute Gasteiger partial charge is 0.355 e. The Labute approximate surface area is 238 Å². The number of nitrogens with zero attached hydrogens (tertiary/aromatic N) is 2. The SMILES string of the molecule is CCNC(=O)C(Cc1ccccc1)N(Cc1ccc(Cl)cc1Cl)C(=O)CN(c1ccc(Cl)cc1)S(C)(=O)=O. The van der Waals surface area contributed by atoms with E-state index in [2.05, 4.69) is 5.32 Å². The lowest BCUT2D eigenvalue weighted by molar-refractivity contribution is -0.140. The highest BCUT2D eigenvalue weighted by Gasteiger charge is 2.33. The molecule has 0 radical (unpaired) electrons. The van der Waals surface area contributed by atoms with Crippen molar-refractivity contribution < 1.29 is 18.0 Å². The van der Waals surface area contributed by atoms with Gasteiger partial charge in [-0.2, -0.15) is 0 Å². The van der Waals surface area contributed by atoms with Gasteiger partial charge in [0.05, 0.1) is 11.9 Å². The second-order valence-electron chi connectivity index (χ2n) is 8.60. The molecule has 3 aromatic rings. The predicted molar refractivity (Wildman–Crippen MR) is 153 cm³/mol. The number of benzene rings is 3. The minimum absolute atomic E-state index is 0.0400. The van der Waals surface area contributed by atoms with Crippen molar-refractivity contribution in [1.29, 1.82) is 0 Å². The molecule has 3 rings (SSSR count). The van der Waals surface area contributed by atoms with Gasteiger partial charge in [-0.05, 0) is 54.4 Å². The summed E-state index contributed by atoms with van der Waals surface area (Å²) in [5.41, 5.74) is 1.66. The number of sulfonamides is 1. The minimum Gasteiger partial charge on any atom is -0.355 e. The van der Waals surface area contributed by atoms with Crippen LogP contribution in [-0.4, -0.2) is 50.5 Å². The number of likely N-dealkylation sites (N-methyl/N-ethyl adjacent to an activating group) is 1. The highest BCUT2D eigenvalue weighted by atomic mass is 35.5. The summed E-state index contributed by atoms with van der Waals surface area (Å²) in [6.07, 6.45) is 1.23. The van der Waals surface area contributed by atoms with Crippen LogP contribution < -0.4 is 9.62 Å². The van der Waals surface area contributed by atoms with E-state index < -0.39 is 28.5 Å². The Kier molecular flexibility index (Phi) is 10.4. The minimum atomic E-state index is -3.86. The Morgan fingerprint density at radius 3 is 2.13 bits per heavy atom. The number of rotatable bonds is 11. The average molecular weight is 597 g/mol. The summed E-state index contributed by atoms with van der Waals surface area (Å²) in [4.78, 5) is 28.6. The van der Waals surface area contributed by atoms with Gasteiger partial charge in [0.2, 0.25) is 21.8 Å². The molecule has 7 nitrogen and oxygen atoms in total. The molecule has 0 saturated carbocycles. The number of anilines is 1. The van der Waals surface area contributed by atoms with Gasteiger partial charge in [-0.1, -0.05) is 71.2 Å². The van der Waals surface area contributed by atoms with Crippen molar-refractivity contribution in [2.24, 2.45) is 0 Å². The third-order valence-electron chi connectivity index (χ3n) is 5.77. The first-order valence-corrected chi connectivity index (χ1v) is 14.8. The van der Waals surface area contributed by atoms with Crippen LogP contribution in [-0.2, 0) is 32.6 Å². The zero-order chi connectivity index (χ0) is 27.9. The van der Waals surface area contributed by atoms with Crippen molar-refractivity contribution in [3.8, 4) is 0 Å². The van der Waals surface area contributed by atoms with Gasteiger partial charge in [-0.25, -0.2) is 8.42 Å². The van der Waals surface area contributed by atoms with E-state index in [0.717, 1.165) is 16.1 Å². The molecule has 0 aromatic heterocycles. The smallest absolute Gasteiger partial charge is 0.244 e. The zero-order valence-corrected chi connectivity index (χ0v) is 24.0. The lowest BCUT2D eigenvalue weighted by Gasteiger charge is -2.33. The van der Waals surface area contributed by atoms with Gasteiger partial charge in [0.1, 0.15) is 12.6 Å². The van der Waals surface area contributed by atoms with Gasteiger partial charge in [-0.3, -0.25) is 13.9 Å². The summed E-state index contributed by atoms with van der Waals surface area (Å²) in [5, 5.41) is 3.97. The van der Waals surface area contributed by atoms with Gasteiger partial charge in [0, 0.05) is 34.6 Å². The standard InChI is InChI=1S/C27H28Cl3N3O4S/c1-3-31-27(35)25(15-19-7-5-4-6-8-19)32(17-20-9-10-22(29)16-24(20)30)26(34)18-33(38(2,36)37)23-13-11-21(28)12-14-23/h4-14,16,25H,3,15,17-18H2,1-2H3,(H,31,35). The summed E-state index contributed by atoms with van der Waals surface area (Å²) >= 11 is 18.5. The molecule has 1 N–H and O–H groups in total. The second-order valence-corrected chi connectivity index (χ2v) is 11.8. The number of hydrogen-bond donors (Lipinski definition) is 1. The van der Waals surface area contributed by atoms with Crippen molar-refractivity contribution in [2.45, 2.75) is 25.9 Å². The first-order chi connectivity index (χ1) is 18.0. The molecule has 11 heteroatoms. The molecule has 0 bridgehead atoms. The number of halogens is 3. The van der Waals surface area contributed by atoms with Crippen LogP contribution in [0.15, 0.2) is 72.8 Å². The third kappa shape index (κ3) is 8.11. The maximum absolute atomic E-state index is 13.9. The van der Waals surface area contributed by atoms with Crippen molar-refractivity contribution in [1.82, 2.24) is 10.2 Å². The molecule has 0 heterocycles. The Balaban J connectivity index is 2.06. The number of nitrogens with one attached hydrogen (secondary N) is 1. The Morgan fingerprint density at radius 2 is 1.55 bits per heavy atom. The molecular weight excluding hydrogens is 569 g/mol. The molecule has 0 fully saturated rings. The van der Waals surface area contributed by atoms with Crippen LogP contribution in [0, 0.1) is 0 Å². The van der Waals surface area contributed by atoms with Gasteiger partial charge in [0.25, 0.3) is 0 Å². The van der Waals surface area contributed by atoms with Gasteiger partial charge >= 0.3 is 0 Å². The van der Waals surface area contributed by atoms with E-state index in [4.69, 9.17) is 34.8 Å². The molecule has 0 spiro atoms. The highest BCUT2D eigenvalue weighted by Crippen LogP contribution is 2.25. The van der Waals surface area contributed by atoms with Crippen molar-refractivity contribution in [3.05, 3.63) is 99.0 Å². The van der Waals surface area contributed by atoms with Crippen LogP contribution in [0.1, 0.15) is 18.1 Å². The van der Waals surface area contributed by atoms with Crippen LogP contribution in [0.4, 0.5) is 5.69 Å². The fourth-order valence-corrected chi connectivity index (χ4v) is 5.34. The van der Waals surface area contributed by atoms with E-state index in [9.17, 15) is 18.0 Å². The van der Waals surface area contributed by atoms with Crippen LogP contribution >= 0.6 is 34.8 Å². The maximum Gasteiger partial charge on any atom is 0.244 e. The first kappa shape index (κ1) is 29.8. The molecule has 3 aromatic carbocycles. The predicted octanol–water partition coefficient (Wildman–Crippen LogP) is 5.19. The van der Waals surface area contributed by atoms with E-state index in [1.54, 1.807) is 25.1 Å². The molecule has 0 saturated heterocycles. The molecule has 0 aliphatic heterocycles. The fourth-order valence-electron chi connectivity index (χ4n) is 3.90. The Hall–Kier alpha value is -2.78. The molecular formula is C27H28Cl3N3O4S. The van der Waals surface area contributed by atoms with E-state index >= 15 is 0 Å². The Morgan fingerprint density at radius 1 is 0.921 bits per heavy atom. The molecule has 2 amide bonds. The van der Waals surface area contributed by atoms with Gasteiger partial charge in [-0.15, -0.1) is 0 Å². The zero-order valence-electron chi connectivity index (χ0n) is 20.9. The van der Waals surface area contributed by atoms with Crippen molar-refractivity contribution in [3.63, 3.8) is 0 Å². The van der Waals surface area contributed by atoms with Crippen LogP contribution in [0.5, 0.6) is 0 Å². The molecule has 0 aliphatic rings. The summed E-state index contributed by atoms with van der Waals surface area (Å²) in [5.74, 6) is -0.948. The summed E-state index contributed by atoms with van der Waals surface area (Å²) < 4.78 is 26.4. The summed E-state index contributed by atoms with van der Waals surface area (Å²) in [7, 11) is -3.86. The second kappa shape index (κ2) is 13.3. The summed E-state index contributed by atoms with van der Waals surface area (Å²) in [6, 6.07) is 19.3. The lowest BCUT2D eigenvalue weighted by atomic mass is 10.0. The quantitative estimate of drug-likeness (QED) is 0.330. The van der Waals surface area contributed by atoms with E-state index in [-0.39, 0.29) is 24.6 Å². The molecule has 1 unspecified atom stereocenters. The highest BCUT2D eigenvalue weighted by molar-refractivity contribution is 7.92. The van der Waals surface area contributed by atoms with Gasteiger partial charge < -0.3 is 10.2 Å². The van der Waals surface area contributed by atoms with Crippen LogP contribution in [0.2, 0.25) is 15.1 Å². The van der Waals surface area contributed by atoms with E-state index in [0.29, 0.717) is 27.2 Å². The molecule has 202 valence electrons. The first-order valence-electron chi connectivity index (χ1n) is 11.8. The third-order valence-corrected chi connectivity index (χ3v) is 7.75. The number of carbonyl (C=O) groups is 2. The van der Waals surface area contributed by atoms with Crippen LogP contribution in [0.3, 0.4) is 0 Å². The van der Waals surface area contributed by atoms with E-state index in [1.807, 2.05) is 30.3 Å². The van der Waals surface area contributed by atoms with E-state index in [1.165, 1.54) is 29.2 Å². The molecule has 1 atom stereocenters. The number of amides is 2. The van der Waals surface area contributed by atoms with Crippen molar-refractivity contribution in [2.75, 3.05) is 23.7 Å². The van der Waals surface area contributed by atoms with Crippen molar-refractivity contribution >= 4 is 62.3 Å². The van der Waals surface area contributed by atoms with Crippen LogP contribution in [0.25, 0.3) is 0 Å². The topological polar surface area (TPSA) is 86.8 Å². The summed E-state index contributed by atoms with van der Waals surface area (Å²) in [6.45, 7) is 1.57.